The monoisotopic (exact) mass is 269 g/mol. The lowest BCUT2D eigenvalue weighted by atomic mass is 10.1. The van der Waals surface area contributed by atoms with Crippen LogP contribution in [-0.4, -0.2) is 15.6 Å². The van der Waals surface area contributed by atoms with Crippen LogP contribution in [-0.2, 0) is 7.05 Å². The topological polar surface area (TPSA) is 60.9 Å². The van der Waals surface area contributed by atoms with Gasteiger partial charge in [-0.25, -0.2) is 0 Å². The summed E-state index contributed by atoms with van der Waals surface area (Å²) in [6.45, 7) is 0. The molecule has 0 bridgehead atoms. The zero-order valence-corrected chi connectivity index (χ0v) is 10.5. The van der Waals surface area contributed by atoms with Gasteiger partial charge in [0.05, 0.1) is 27.5 Å². The third-order valence-electron chi connectivity index (χ3n) is 2.31. The summed E-state index contributed by atoms with van der Waals surface area (Å²) in [5, 5.41) is 4.47. The summed E-state index contributed by atoms with van der Waals surface area (Å²) in [4.78, 5) is 12.1. The first-order valence-electron chi connectivity index (χ1n) is 4.77. The maximum atomic E-state index is 12.1. The highest BCUT2D eigenvalue weighted by atomic mass is 35.5. The minimum atomic E-state index is -0.193. The summed E-state index contributed by atoms with van der Waals surface area (Å²) in [7, 11) is 1.74. The van der Waals surface area contributed by atoms with Crippen LogP contribution in [0, 0.1) is 0 Å². The van der Waals surface area contributed by atoms with Gasteiger partial charge in [-0.2, -0.15) is 5.10 Å². The lowest BCUT2D eigenvalue weighted by Gasteiger charge is -2.04. The second kappa shape index (κ2) is 4.39. The Morgan fingerprint density at radius 3 is 2.35 bits per heavy atom. The molecule has 88 valence electrons. The van der Waals surface area contributed by atoms with E-state index in [4.69, 9.17) is 28.9 Å². The highest BCUT2D eigenvalue weighted by molar-refractivity contribution is 6.39. The number of benzene rings is 1. The van der Waals surface area contributed by atoms with Crippen LogP contribution in [0.4, 0.5) is 5.69 Å². The molecular formula is C11H9Cl2N3O. The van der Waals surface area contributed by atoms with Crippen molar-refractivity contribution in [2.45, 2.75) is 0 Å². The van der Waals surface area contributed by atoms with Gasteiger partial charge in [-0.1, -0.05) is 23.2 Å². The number of hydrogen-bond acceptors (Lipinski definition) is 3. The molecule has 0 unspecified atom stereocenters. The molecule has 6 heteroatoms. The van der Waals surface area contributed by atoms with Crippen LogP contribution in [0.15, 0.2) is 24.5 Å². The standard InChI is InChI=1S/C11H9Cl2N3O/c1-16-5-7(4-15-16)11(17)6-2-8(12)10(14)9(13)3-6/h2-5H,14H2,1H3. The third kappa shape index (κ3) is 2.28. The Morgan fingerprint density at radius 2 is 1.88 bits per heavy atom. The van der Waals surface area contributed by atoms with E-state index in [1.165, 1.54) is 18.3 Å². The van der Waals surface area contributed by atoms with Gasteiger partial charge in [0.25, 0.3) is 0 Å². The minimum absolute atomic E-state index is 0.193. The van der Waals surface area contributed by atoms with E-state index in [0.717, 1.165) is 0 Å². The number of anilines is 1. The van der Waals surface area contributed by atoms with Crippen molar-refractivity contribution in [1.29, 1.82) is 0 Å². The number of nitrogen functional groups attached to an aromatic ring is 1. The molecule has 17 heavy (non-hydrogen) atoms. The molecule has 0 amide bonds. The van der Waals surface area contributed by atoms with Crippen molar-refractivity contribution < 1.29 is 4.79 Å². The van der Waals surface area contributed by atoms with E-state index >= 15 is 0 Å². The molecule has 4 nitrogen and oxygen atoms in total. The van der Waals surface area contributed by atoms with E-state index in [1.54, 1.807) is 17.9 Å². The summed E-state index contributed by atoms with van der Waals surface area (Å²) >= 11 is 11.7. The zero-order valence-electron chi connectivity index (χ0n) is 8.95. The molecule has 0 aliphatic heterocycles. The molecular weight excluding hydrogens is 261 g/mol. The van der Waals surface area contributed by atoms with Crippen molar-refractivity contribution in [1.82, 2.24) is 9.78 Å². The van der Waals surface area contributed by atoms with Gasteiger partial charge in [-0.3, -0.25) is 9.48 Å². The summed E-state index contributed by atoms with van der Waals surface area (Å²) in [6, 6.07) is 3.00. The largest absolute Gasteiger partial charge is 0.396 e. The average molecular weight is 270 g/mol. The van der Waals surface area contributed by atoms with Crippen molar-refractivity contribution in [2.75, 3.05) is 5.73 Å². The van der Waals surface area contributed by atoms with Gasteiger partial charge >= 0.3 is 0 Å². The second-order valence-corrected chi connectivity index (χ2v) is 4.40. The molecule has 0 saturated carbocycles. The number of halogens is 2. The van der Waals surface area contributed by atoms with Crippen LogP contribution in [0.3, 0.4) is 0 Å². The molecule has 1 aromatic carbocycles. The average Bonchev–Trinajstić information content (AvgIpc) is 2.71. The highest BCUT2D eigenvalue weighted by Crippen LogP contribution is 2.29. The minimum Gasteiger partial charge on any atom is -0.396 e. The molecule has 0 aliphatic carbocycles. The number of carbonyl (C=O) groups is 1. The van der Waals surface area contributed by atoms with E-state index in [9.17, 15) is 4.79 Å². The number of aryl methyl sites for hydroxylation is 1. The van der Waals surface area contributed by atoms with E-state index in [1.807, 2.05) is 0 Å². The van der Waals surface area contributed by atoms with E-state index in [2.05, 4.69) is 5.10 Å². The Morgan fingerprint density at radius 1 is 1.29 bits per heavy atom. The molecule has 2 rings (SSSR count). The Labute approximate surface area is 108 Å². The molecule has 1 heterocycles. The zero-order chi connectivity index (χ0) is 12.6. The van der Waals surface area contributed by atoms with Gasteiger partial charge < -0.3 is 5.73 Å². The Hall–Kier alpha value is -1.52. The third-order valence-corrected chi connectivity index (χ3v) is 2.93. The van der Waals surface area contributed by atoms with Gasteiger partial charge in [0.1, 0.15) is 0 Å². The van der Waals surface area contributed by atoms with Crippen LogP contribution >= 0.6 is 23.2 Å². The maximum absolute atomic E-state index is 12.1. The van der Waals surface area contributed by atoms with Gasteiger partial charge in [0.15, 0.2) is 5.78 Å². The number of nitrogens with zero attached hydrogens (tertiary/aromatic N) is 2. The molecule has 0 saturated heterocycles. The van der Waals surface area contributed by atoms with Crippen LogP contribution < -0.4 is 5.73 Å². The predicted octanol–water partition coefficient (Wildman–Crippen LogP) is 2.54. The lowest BCUT2D eigenvalue weighted by Crippen LogP contribution is -2.01. The van der Waals surface area contributed by atoms with Gasteiger partial charge in [0, 0.05) is 18.8 Å². The van der Waals surface area contributed by atoms with Crippen molar-refractivity contribution in [3.8, 4) is 0 Å². The lowest BCUT2D eigenvalue weighted by molar-refractivity contribution is 0.103. The Bertz CT molecular complexity index is 569. The van der Waals surface area contributed by atoms with E-state index < -0.39 is 0 Å². The smallest absolute Gasteiger partial charge is 0.196 e. The first-order chi connectivity index (χ1) is 7.99. The summed E-state index contributed by atoms with van der Waals surface area (Å²) in [6.07, 6.45) is 3.11. The summed E-state index contributed by atoms with van der Waals surface area (Å²) in [5.74, 6) is -0.193. The Balaban J connectivity index is 2.44. The van der Waals surface area contributed by atoms with E-state index in [0.29, 0.717) is 11.1 Å². The van der Waals surface area contributed by atoms with Crippen molar-refractivity contribution in [3.63, 3.8) is 0 Å². The van der Waals surface area contributed by atoms with Crippen LogP contribution in [0.1, 0.15) is 15.9 Å². The van der Waals surface area contributed by atoms with Crippen LogP contribution in [0.25, 0.3) is 0 Å². The Kier molecular flexibility index (Phi) is 3.09. The van der Waals surface area contributed by atoms with Gasteiger partial charge in [-0.15, -0.1) is 0 Å². The molecule has 0 fully saturated rings. The number of ketones is 1. The summed E-state index contributed by atoms with van der Waals surface area (Å²) in [5.41, 5.74) is 6.74. The SMILES string of the molecule is Cn1cc(C(=O)c2cc(Cl)c(N)c(Cl)c2)cn1. The van der Waals surface area contributed by atoms with Crippen molar-refractivity contribution in [2.24, 2.45) is 7.05 Å². The summed E-state index contributed by atoms with van der Waals surface area (Å²) < 4.78 is 1.55. The maximum Gasteiger partial charge on any atom is 0.196 e. The number of nitrogens with two attached hydrogens (primary N) is 1. The molecule has 1 aromatic heterocycles. The van der Waals surface area contributed by atoms with Gasteiger partial charge in [0.2, 0.25) is 0 Å². The molecule has 0 radical (unpaired) electrons. The van der Waals surface area contributed by atoms with E-state index in [-0.39, 0.29) is 21.5 Å². The molecule has 0 atom stereocenters. The fourth-order valence-electron chi connectivity index (χ4n) is 1.42. The molecule has 2 aromatic rings. The predicted molar refractivity (Wildman–Crippen MR) is 67.5 cm³/mol. The van der Waals surface area contributed by atoms with Gasteiger partial charge in [-0.05, 0) is 12.1 Å². The number of carbonyl (C=O) groups excluding carboxylic acids is 1. The molecule has 2 N–H and O–H groups in total. The normalized spacial score (nSPS) is 10.5. The molecule has 0 spiro atoms. The second-order valence-electron chi connectivity index (χ2n) is 3.59. The number of rotatable bonds is 2. The number of aromatic nitrogens is 2. The highest BCUT2D eigenvalue weighted by Gasteiger charge is 2.14. The first-order valence-corrected chi connectivity index (χ1v) is 5.52. The fraction of sp³-hybridized carbons (Fsp3) is 0.0909. The van der Waals surface area contributed by atoms with Crippen LogP contribution in [0.5, 0.6) is 0 Å². The van der Waals surface area contributed by atoms with Crippen molar-refractivity contribution >= 4 is 34.7 Å². The molecule has 0 aliphatic rings. The first kappa shape index (κ1) is 12.0. The van der Waals surface area contributed by atoms with Crippen LogP contribution in [0.2, 0.25) is 10.0 Å². The number of hydrogen-bond donors (Lipinski definition) is 1. The van der Waals surface area contributed by atoms with Crippen molar-refractivity contribution in [3.05, 3.63) is 45.7 Å². The quantitative estimate of drug-likeness (QED) is 0.673. The fourth-order valence-corrected chi connectivity index (χ4v) is 1.91.